The van der Waals surface area contributed by atoms with Crippen LogP contribution in [-0.4, -0.2) is 57.9 Å². The lowest BCUT2D eigenvalue weighted by atomic mass is 10.1. The van der Waals surface area contributed by atoms with Crippen molar-refractivity contribution in [2.45, 2.75) is 51.9 Å². The van der Waals surface area contributed by atoms with Gasteiger partial charge in [0.25, 0.3) is 12.4 Å². The largest absolute Gasteiger partial charge is 0.468 e. The molecule has 0 aliphatic carbocycles. The molecule has 0 aromatic heterocycles. The molecule has 2 heterocycles. The number of nitrogens with zero attached hydrogens (tertiary/aromatic N) is 2. The zero-order chi connectivity index (χ0) is 19.6. The number of carbonyl (C=O) groups excluding carboxylic acids is 3. The average Bonchev–Trinajstić information content (AvgIpc) is 3.15. The van der Waals surface area contributed by atoms with Crippen molar-refractivity contribution < 1.29 is 19.1 Å². The smallest absolute Gasteiger partial charge is 0.293 e. The molecule has 0 atom stereocenters. The summed E-state index contributed by atoms with van der Waals surface area (Å²) in [6, 6.07) is 0. The summed E-state index contributed by atoms with van der Waals surface area (Å²) in [6.07, 6.45) is 7.47. The van der Waals surface area contributed by atoms with E-state index in [0.29, 0.717) is 46.0 Å². The van der Waals surface area contributed by atoms with Gasteiger partial charge >= 0.3 is 0 Å². The molecule has 2 amide bonds. The second kappa shape index (κ2) is 11.7. The number of thiocarbonyl (C=S) groups is 1. The van der Waals surface area contributed by atoms with Crippen molar-refractivity contribution in [2.75, 3.05) is 25.4 Å². The van der Waals surface area contributed by atoms with Gasteiger partial charge in [-0.1, -0.05) is 74.8 Å². The maximum Gasteiger partial charge on any atom is 0.293 e. The van der Waals surface area contributed by atoms with Gasteiger partial charge in [0.2, 0.25) is 5.91 Å². The molecule has 6 nitrogen and oxygen atoms in total. The highest BCUT2D eigenvalue weighted by atomic mass is 32.2. The molecule has 0 aromatic carbocycles. The van der Waals surface area contributed by atoms with E-state index in [1.165, 1.54) is 49.2 Å². The minimum atomic E-state index is -0.0927. The third kappa shape index (κ3) is 6.22. The Morgan fingerprint density at radius 2 is 1.78 bits per heavy atom. The number of hydrogen-bond acceptors (Lipinski definition) is 7. The molecule has 150 valence electrons. The highest BCUT2D eigenvalue weighted by molar-refractivity contribution is 8.27. The van der Waals surface area contributed by atoms with E-state index < -0.39 is 0 Å². The van der Waals surface area contributed by atoms with Gasteiger partial charge in [-0.3, -0.25) is 19.3 Å². The lowest BCUT2D eigenvalue weighted by Crippen LogP contribution is -2.31. The molecule has 0 radical (unpaired) electrons. The van der Waals surface area contributed by atoms with Crippen molar-refractivity contribution in [3.8, 4) is 0 Å². The molecule has 2 aliphatic rings. The van der Waals surface area contributed by atoms with Crippen molar-refractivity contribution in [3.05, 3.63) is 9.93 Å². The van der Waals surface area contributed by atoms with Crippen molar-refractivity contribution in [1.29, 1.82) is 0 Å². The first-order valence-corrected chi connectivity index (χ1v) is 11.6. The van der Waals surface area contributed by atoms with Crippen LogP contribution in [0.2, 0.25) is 0 Å². The van der Waals surface area contributed by atoms with Crippen LogP contribution >= 0.6 is 35.7 Å². The van der Waals surface area contributed by atoms with E-state index in [1.807, 2.05) is 0 Å². The lowest BCUT2D eigenvalue weighted by molar-refractivity contribution is -0.129. The second-order valence-electron chi connectivity index (χ2n) is 6.38. The number of thioether (sulfide) groups is 2. The van der Waals surface area contributed by atoms with Crippen molar-refractivity contribution in [3.63, 3.8) is 0 Å². The fourth-order valence-electron chi connectivity index (χ4n) is 2.94. The molecule has 27 heavy (non-hydrogen) atoms. The van der Waals surface area contributed by atoms with E-state index in [2.05, 4.69) is 11.7 Å². The zero-order valence-electron chi connectivity index (χ0n) is 15.6. The molecule has 0 saturated carbocycles. The lowest BCUT2D eigenvalue weighted by Gasteiger charge is -2.18. The summed E-state index contributed by atoms with van der Waals surface area (Å²) < 4.78 is 5.25. The predicted octanol–water partition coefficient (Wildman–Crippen LogP) is 3.51. The Kier molecular flexibility index (Phi) is 9.64. The normalized spacial score (nSPS) is 20.1. The second-order valence-corrected chi connectivity index (χ2v) is 8.99. The van der Waals surface area contributed by atoms with Crippen LogP contribution in [0.5, 0.6) is 0 Å². The van der Waals surface area contributed by atoms with Gasteiger partial charge in [0, 0.05) is 13.1 Å². The van der Waals surface area contributed by atoms with Gasteiger partial charge in [-0.05, 0) is 12.8 Å². The van der Waals surface area contributed by atoms with Gasteiger partial charge in [-0.15, -0.1) is 0 Å². The number of rotatable bonds is 12. The monoisotopic (exact) mass is 430 g/mol. The van der Waals surface area contributed by atoms with Crippen LogP contribution in [0.1, 0.15) is 51.9 Å². The quantitative estimate of drug-likeness (QED) is 0.203. The predicted molar refractivity (Wildman–Crippen MR) is 113 cm³/mol. The first-order valence-electron chi connectivity index (χ1n) is 9.36. The van der Waals surface area contributed by atoms with Crippen molar-refractivity contribution >= 4 is 58.3 Å². The fraction of sp³-hybridized carbons (Fsp3) is 0.667. The maximum absolute atomic E-state index is 12.8. The van der Waals surface area contributed by atoms with Crippen molar-refractivity contribution in [2.24, 2.45) is 0 Å². The standard InChI is InChI=1S/C18H26N2O4S3/c1-2-3-4-5-6-7-9-20-16(23)15(27-18(20)25)17-19(14(22)12-26-17)10-8-11-24-13-21/h13H,2-12H2,1H3/b17-15+. The topological polar surface area (TPSA) is 66.9 Å². The van der Waals surface area contributed by atoms with E-state index in [4.69, 9.17) is 12.2 Å². The first kappa shape index (κ1) is 22.2. The summed E-state index contributed by atoms with van der Waals surface area (Å²) in [5.41, 5.74) is 0. The molecule has 0 unspecified atom stereocenters. The van der Waals surface area contributed by atoms with Crippen molar-refractivity contribution in [1.82, 2.24) is 9.80 Å². The van der Waals surface area contributed by atoms with Gasteiger partial charge in [-0.2, -0.15) is 0 Å². The number of ether oxygens (including phenoxy) is 1. The summed E-state index contributed by atoms with van der Waals surface area (Å²) in [7, 11) is 0. The summed E-state index contributed by atoms with van der Waals surface area (Å²) >= 11 is 8.07. The minimum Gasteiger partial charge on any atom is -0.468 e. The molecule has 2 fully saturated rings. The summed E-state index contributed by atoms with van der Waals surface area (Å²) in [5, 5.41) is 0.689. The Labute approximate surface area is 174 Å². The van der Waals surface area contributed by atoms with E-state index in [9.17, 15) is 14.4 Å². The number of hydrogen-bond donors (Lipinski definition) is 0. The van der Waals surface area contributed by atoms with Crippen LogP contribution in [0.3, 0.4) is 0 Å². The van der Waals surface area contributed by atoms with Crippen LogP contribution in [0.25, 0.3) is 0 Å². The summed E-state index contributed by atoms with van der Waals surface area (Å²) in [6.45, 7) is 3.91. The zero-order valence-corrected chi connectivity index (χ0v) is 18.1. The first-order chi connectivity index (χ1) is 13.1. The summed E-state index contributed by atoms with van der Waals surface area (Å²) in [4.78, 5) is 39.1. The van der Waals surface area contributed by atoms with Gasteiger partial charge < -0.3 is 9.64 Å². The van der Waals surface area contributed by atoms with Gasteiger partial charge in [-0.25, -0.2) is 0 Å². The number of amides is 2. The molecule has 2 aliphatic heterocycles. The van der Waals surface area contributed by atoms with Gasteiger partial charge in [0.1, 0.15) is 9.23 Å². The highest BCUT2D eigenvalue weighted by Crippen LogP contribution is 2.41. The fourth-order valence-corrected chi connectivity index (χ4v) is 5.50. The Morgan fingerprint density at radius 1 is 1.07 bits per heavy atom. The third-order valence-electron chi connectivity index (χ3n) is 4.37. The average molecular weight is 431 g/mol. The van der Waals surface area contributed by atoms with Crippen LogP contribution in [0.4, 0.5) is 0 Å². The molecular weight excluding hydrogens is 404 g/mol. The maximum atomic E-state index is 12.8. The molecular formula is C18H26N2O4S3. The highest BCUT2D eigenvalue weighted by Gasteiger charge is 2.39. The SMILES string of the molecule is CCCCCCCCN1C(=O)/C(=C2\SCC(=O)N2CCCOC=O)SC1=S. The Hall–Kier alpha value is -1.06. The Bertz CT molecular complexity index is 609. The van der Waals surface area contributed by atoms with Gasteiger partial charge in [0.15, 0.2) is 0 Å². The minimum absolute atomic E-state index is 0.0257. The molecule has 0 N–H and O–H groups in total. The van der Waals surface area contributed by atoms with Crippen LogP contribution < -0.4 is 0 Å². The number of carbonyl (C=O) groups is 3. The van der Waals surface area contributed by atoms with E-state index >= 15 is 0 Å². The molecule has 2 rings (SSSR count). The molecule has 0 spiro atoms. The van der Waals surface area contributed by atoms with Gasteiger partial charge in [0.05, 0.1) is 17.4 Å². The summed E-state index contributed by atoms with van der Waals surface area (Å²) in [5.74, 6) is 0.206. The van der Waals surface area contributed by atoms with Crippen LogP contribution in [0.15, 0.2) is 9.93 Å². The third-order valence-corrected chi connectivity index (χ3v) is 7.03. The van der Waals surface area contributed by atoms with E-state index in [-0.39, 0.29) is 18.4 Å². The Morgan fingerprint density at radius 3 is 2.52 bits per heavy atom. The van der Waals surface area contributed by atoms with E-state index in [1.54, 1.807) is 9.80 Å². The molecule has 9 heteroatoms. The number of unbranched alkanes of at least 4 members (excludes halogenated alkanes) is 5. The van der Waals surface area contributed by atoms with Crippen LogP contribution in [0, 0.1) is 0 Å². The molecule has 0 aromatic rings. The van der Waals surface area contributed by atoms with E-state index in [0.717, 1.165) is 12.8 Å². The Balaban J connectivity index is 1.94. The molecule has 0 bridgehead atoms. The molecule has 2 saturated heterocycles. The van der Waals surface area contributed by atoms with Crippen LogP contribution in [-0.2, 0) is 19.1 Å².